The summed E-state index contributed by atoms with van der Waals surface area (Å²) in [6.45, 7) is -1.48. The van der Waals surface area contributed by atoms with Gasteiger partial charge >= 0.3 is 0 Å². The number of anilines is 1. The average molecular weight is 547 g/mol. The molecule has 2 aromatic heterocycles. The van der Waals surface area contributed by atoms with Crippen molar-refractivity contribution in [1.82, 2.24) is 14.5 Å². The number of nitrogen functional groups attached to an aromatic ring is 1. The fourth-order valence-corrected chi connectivity index (χ4v) is 6.24. The maximum atomic E-state index is 12.2. The first kappa shape index (κ1) is 27.1. The van der Waals surface area contributed by atoms with Crippen LogP contribution in [0.3, 0.4) is 0 Å². The Balaban J connectivity index is 1.72. The van der Waals surface area contributed by atoms with E-state index in [1.165, 1.54) is 10.8 Å². The lowest BCUT2D eigenvalue weighted by Crippen LogP contribution is -2.27. The third-order valence-corrected chi connectivity index (χ3v) is 8.60. The molecule has 1 saturated heterocycles. The SMILES string of the molecule is COP(=O)([O-])OP(=O)([O-])OP(=O)([O-])OC[C@H]1O[C@@H](n2cc(CO)c3c(=O)[nH]c(N)nc32)C[C@H]1O. The molecule has 34 heavy (non-hydrogen) atoms. The molecule has 0 radical (unpaired) electrons. The normalized spacial score (nSPS) is 26.2. The maximum absolute atomic E-state index is 12.2. The number of hydrogen-bond acceptors (Lipinski definition) is 16. The van der Waals surface area contributed by atoms with Crippen LogP contribution in [0.1, 0.15) is 18.2 Å². The molecule has 1 aliphatic rings. The Morgan fingerprint density at radius 1 is 1.26 bits per heavy atom. The molecule has 0 saturated carbocycles. The van der Waals surface area contributed by atoms with Gasteiger partial charge in [-0.2, -0.15) is 4.98 Å². The first-order chi connectivity index (χ1) is 15.7. The minimum Gasteiger partial charge on any atom is -0.756 e. The standard InChI is InChI=1S/C13H21N4O14P3/c1-27-32(21,22)30-34(25,26)31-33(23,24)28-5-8-7(19)2-9(29-8)17-3-6(4-18)10-11(17)15-13(14)16-12(10)20/h3,7-9,18-19H,2,4-5H2,1H3,(H,21,22)(H,23,24)(H,25,26)(H3,14,15,16,20)/p-3/t7-,8-,9-/m1/s1. The predicted molar refractivity (Wildman–Crippen MR) is 103 cm³/mol. The van der Waals surface area contributed by atoms with Crippen molar-refractivity contribution in [3.05, 3.63) is 22.1 Å². The number of rotatable bonds is 10. The summed E-state index contributed by atoms with van der Waals surface area (Å²) >= 11 is 0. The Morgan fingerprint density at radius 2 is 1.91 bits per heavy atom. The summed E-state index contributed by atoms with van der Waals surface area (Å²) in [5.74, 6) is -0.232. The van der Waals surface area contributed by atoms with Crippen molar-refractivity contribution < 1.29 is 61.0 Å². The van der Waals surface area contributed by atoms with Gasteiger partial charge in [-0.15, -0.1) is 0 Å². The highest BCUT2D eigenvalue weighted by molar-refractivity contribution is 7.65. The van der Waals surface area contributed by atoms with Gasteiger partial charge in [-0.3, -0.25) is 23.5 Å². The predicted octanol–water partition coefficient (Wildman–Crippen LogP) is -2.45. The average Bonchev–Trinajstić information content (AvgIpc) is 3.24. The summed E-state index contributed by atoms with van der Waals surface area (Å²) < 4.78 is 56.4. The highest BCUT2D eigenvalue weighted by atomic mass is 31.3. The highest BCUT2D eigenvalue weighted by Gasteiger charge is 2.37. The van der Waals surface area contributed by atoms with Gasteiger partial charge in [-0.1, -0.05) is 0 Å². The van der Waals surface area contributed by atoms with Gasteiger partial charge in [0.2, 0.25) is 5.95 Å². The van der Waals surface area contributed by atoms with E-state index >= 15 is 0 Å². The van der Waals surface area contributed by atoms with E-state index in [4.69, 9.17) is 10.5 Å². The molecule has 3 heterocycles. The van der Waals surface area contributed by atoms with Crippen LogP contribution in [0, 0.1) is 0 Å². The molecule has 0 amide bonds. The van der Waals surface area contributed by atoms with Gasteiger partial charge in [0.25, 0.3) is 29.0 Å². The lowest BCUT2D eigenvalue weighted by Gasteiger charge is -2.34. The van der Waals surface area contributed by atoms with Crippen LogP contribution in [-0.4, -0.2) is 50.7 Å². The molecule has 0 spiro atoms. The Hall–Kier alpha value is -1.49. The summed E-state index contributed by atoms with van der Waals surface area (Å²) in [7, 11) is -16.5. The van der Waals surface area contributed by atoms with Gasteiger partial charge in [0.15, 0.2) is 5.65 Å². The van der Waals surface area contributed by atoms with Gasteiger partial charge < -0.3 is 49.0 Å². The number of fused-ring (bicyclic) bond motifs is 1. The number of aliphatic hydroxyl groups excluding tert-OH is 2. The molecule has 3 rings (SSSR count). The fourth-order valence-electron chi connectivity index (χ4n) is 3.10. The second-order valence-corrected chi connectivity index (χ2v) is 11.4. The summed E-state index contributed by atoms with van der Waals surface area (Å²) in [5, 5.41) is 19.8. The van der Waals surface area contributed by atoms with Crippen molar-refractivity contribution in [3.63, 3.8) is 0 Å². The molecule has 1 fully saturated rings. The molecule has 1 aliphatic heterocycles. The van der Waals surface area contributed by atoms with Crippen molar-refractivity contribution in [3.8, 4) is 0 Å². The minimum absolute atomic E-state index is 0.0184. The summed E-state index contributed by atoms with van der Waals surface area (Å²) in [6.07, 6.45) is -2.53. The Bertz CT molecular complexity index is 1260. The van der Waals surface area contributed by atoms with Crippen LogP contribution in [0.5, 0.6) is 0 Å². The quantitative estimate of drug-likeness (QED) is 0.224. The highest BCUT2D eigenvalue weighted by Crippen LogP contribution is 2.62. The Labute approximate surface area is 189 Å². The molecule has 0 bridgehead atoms. The Kier molecular flexibility index (Phi) is 7.87. The molecular formula is C13H18N4O14P3-3. The topological polar surface area (TPSA) is 284 Å². The molecule has 192 valence electrons. The van der Waals surface area contributed by atoms with Gasteiger partial charge in [-0.25, -0.2) is 8.62 Å². The van der Waals surface area contributed by atoms with Gasteiger partial charge in [0.1, 0.15) is 12.3 Å². The van der Waals surface area contributed by atoms with Gasteiger partial charge in [0, 0.05) is 25.3 Å². The molecule has 21 heteroatoms. The molecule has 5 N–H and O–H groups in total. The third-order valence-electron chi connectivity index (χ3n) is 4.48. The number of aromatic nitrogens is 3. The number of phosphoric ester groups is 2. The van der Waals surface area contributed by atoms with Crippen molar-refractivity contribution in [2.75, 3.05) is 19.5 Å². The lowest BCUT2D eigenvalue weighted by molar-refractivity contribution is -0.251. The van der Waals surface area contributed by atoms with Crippen molar-refractivity contribution in [2.45, 2.75) is 31.5 Å². The van der Waals surface area contributed by atoms with Crippen molar-refractivity contribution in [1.29, 1.82) is 0 Å². The van der Waals surface area contributed by atoms with Gasteiger partial charge in [-0.05, 0) is 0 Å². The molecule has 0 aromatic carbocycles. The van der Waals surface area contributed by atoms with Gasteiger partial charge in [0.05, 0.1) is 24.7 Å². The van der Waals surface area contributed by atoms with E-state index in [2.05, 4.69) is 27.6 Å². The molecule has 6 atom stereocenters. The zero-order chi connectivity index (χ0) is 25.5. The van der Waals surface area contributed by atoms with Crippen LogP contribution in [0.15, 0.2) is 11.0 Å². The zero-order valence-electron chi connectivity index (χ0n) is 17.0. The first-order valence-corrected chi connectivity index (χ1v) is 13.4. The lowest BCUT2D eigenvalue weighted by atomic mass is 10.2. The van der Waals surface area contributed by atoms with E-state index in [1.54, 1.807) is 0 Å². The first-order valence-electron chi connectivity index (χ1n) is 9.06. The second-order valence-electron chi connectivity index (χ2n) is 6.79. The minimum atomic E-state index is -5.96. The fraction of sp³-hybridized carbons (Fsp3) is 0.538. The summed E-state index contributed by atoms with van der Waals surface area (Å²) in [4.78, 5) is 52.7. The Morgan fingerprint density at radius 3 is 2.53 bits per heavy atom. The van der Waals surface area contributed by atoms with Crippen LogP contribution in [0.25, 0.3) is 11.0 Å². The molecular weight excluding hydrogens is 529 g/mol. The van der Waals surface area contributed by atoms with E-state index in [1.807, 2.05) is 0 Å². The van der Waals surface area contributed by atoms with Crippen molar-refractivity contribution >= 4 is 40.4 Å². The van der Waals surface area contributed by atoms with Crippen LogP contribution in [0.2, 0.25) is 0 Å². The molecule has 18 nitrogen and oxygen atoms in total. The van der Waals surface area contributed by atoms with Crippen LogP contribution >= 0.6 is 23.5 Å². The number of nitrogens with two attached hydrogens (primary N) is 1. The van der Waals surface area contributed by atoms with E-state index in [9.17, 15) is 43.4 Å². The third kappa shape index (κ3) is 6.19. The maximum Gasteiger partial charge on any atom is 0.280 e. The smallest absolute Gasteiger partial charge is 0.280 e. The second kappa shape index (κ2) is 9.87. The van der Waals surface area contributed by atoms with Crippen LogP contribution in [-0.2, 0) is 42.7 Å². The number of nitrogens with one attached hydrogen (secondary N) is 1. The van der Waals surface area contributed by atoms with E-state index < -0.39 is 60.7 Å². The van der Waals surface area contributed by atoms with Crippen molar-refractivity contribution in [2.24, 2.45) is 0 Å². The largest absolute Gasteiger partial charge is 0.756 e. The zero-order valence-corrected chi connectivity index (χ0v) is 19.7. The monoisotopic (exact) mass is 547 g/mol. The summed E-state index contributed by atoms with van der Waals surface area (Å²) in [5.41, 5.74) is 5.12. The number of ether oxygens (including phenoxy) is 1. The van der Waals surface area contributed by atoms with Crippen LogP contribution in [0.4, 0.5) is 5.95 Å². The number of hydrogen-bond donors (Lipinski definition) is 4. The molecule has 2 aromatic rings. The van der Waals surface area contributed by atoms with E-state index in [-0.39, 0.29) is 29.0 Å². The van der Waals surface area contributed by atoms with Crippen LogP contribution < -0.4 is 26.0 Å². The molecule has 3 unspecified atom stereocenters. The number of aromatic amines is 1. The van der Waals surface area contributed by atoms with E-state index in [0.29, 0.717) is 7.11 Å². The molecule has 0 aliphatic carbocycles. The number of phosphoric acid groups is 3. The van der Waals surface area contributed by atoms with E-state index in [0.717, 1.165) is 0 Å². The summed E-state index contributed by atoms with van der Waals surface area (Å²) in [6, 6.07) is 0. The number of H-pyrrole nitrogens is 1. The number of aliphatic hydroxyl groups is 2. The number of nitrogens with zero attached hydrogens (tertiary/aromatic N) is 2.